The van der Waals surface area contributed by atoms with Crippen LogP contribution in [0.4, 0.5) is 5.82 Å². The largest absolute Gasteiger partial charge is 0.382 e. The maximum atomic E-state index is 5.83. The molecule has 0 bridgehead atoms. The maximum Gasteiger partial charge on any atom is 0.150 e. The molecule has 0 radical (unpaired) electrons. The lowest BCUT2D eigenvalue weighted by molar-refractivity contribution is 0.400. The number of nitrogens with zero attached hydrogens (tertiary/aromatic N) is 3. The minimum Gasteiger partial charge on any atom is -0.382 e. The molecule has 2 heterocycles. The van der Waals surface area contributed by atoms with Crippen LogP contribution in [0, 0.1) is 0 Å². The third-order valence-electron chi connectivity index (χ3n) is 3.04. The van der Waals surface area contributed by atoms with Gasteiger partial charge in [0.1, 0.15) is 15.9 Å². The maximum absolute atomic E-state index is 5.83. The van der Waals surface area contributed by atoms with E-state index >= 15 is 0 Å². The number of anilines is 1. The molecule has 1 aliphatic carbocycles. The monoisotopic (exact) mass is 266 g/mol. The standard InChI is InChI=1S/C10H11BrN4/c11-8-7-9(12)13-4-5-15(7)10(14-8)6-2-1-3-6/h4-6H,1-3H2,(H2,12,13). The molecule has 2 N–H and O–H groups in total. The Morgan fingerprint density at radius 2 is 2.27 bits per heavy atom. The molecule has 5 heteroatoms. The molecular weight excluding hydrogens is 256 g/mol. The average molecular weight is 267 g/mol. The topological polar surface area (TPSA) is 56.2 Å². The number of fused-ring (bicyclic) bond motifs is 1. The molecule has 1 saturated carbocycles. The van der Waals surface area contributed by atoms with Crippen LogP contribution in [0.2, 0.25) is 0 Å². The zero-order valence-electron chi connectivity index (χ0n) is 8.15. The lowest BCUT2D eigenvalue weighted by Crippen LogP contribution is -2.12. The normalized spacial score (nSPS) is 16.9. The molecule has 3 rings (SSSR count). The van der Waals surface area contributed by atoms with Crippen LogP contribution >= 0.6 is 15.9 Å². The van der Waals surface area contributed by atoms with Crippen molar-refractivity contribution in [3.63, 3.8) is 0 Å². The van der Waals surface area contributed by atoms with Gasteiger partial charge in [-0.3, -0.25) is 4.40 Å². The first kappa shape index (κ1) is 9.15. The molecule has 2 aromatic heterocycles. The van der Waals surface area contributed by atoms with Crippen molar-refractivity contribution in [2.45, 2.75) is 25.2 Å². The number of halogens is 1. The Bertz CT molecular complexity index is 515. The molecule has 0 saturated heterocycles. The van der Waals surface area contributed by atoms with Crippen LogP contribution in [0.15, 0.2) is 17.0 Å². The lowest BCUT2D eigenvalue weighted by atomic mass is 9.85. The third kappa shape index (κ3) is 1.26. The van der Waals surface area contributed by atoms with Crippen molar-refractivity contribution in [2.75, 3.05) is 5.73 Å². The quantitative estimate of drug-likeness (QED) is 0.862. The number of rotatable bonds is 1. The van der Waals surface area contributed by atoms with Crippen molar-refractivity contribution in [3.05, 3.63) is 22.8 Å². The summed E-state index contributed by atoms with van der Waals surface area (Å²) < 4.78 is 2.85. The van der Waals surface area contributed by atoms with Gasteiger partial charge in [0, 0.05) is 18.3 Å². The predicted molar refractivity (Wildman–Crippen MR) is 61.7 cm³/mol. The second kappa shape index (κ2) is 3.20. The SMILES string of the molecule is Nc1nccn2c(C3CCC3)nc(Br)c12. The van der Waals surface area contributed by atoms with E-state index in [1.54, 1.807) is 6.20 Å². The van der Waals surface area contributed by atoms with Gasteiger partial charge in [-0.05, 0) is 28.8 Å². The Labute approximate surface area is 95.7 Å². The zero-order valence-corrected chi connectivity index (χ0v) is 9.74. The highest BCUT2D eigenvalue weighted by Gasteiger charge is 2.25. The molecule has 0 unspecified atom stereocenters. The fraction of sp³-hybridized carbons (Fsp3) is 0.400. The fourth-order valence-electron chi connectivity index (χ4n) is 2.00. The molecule has 4 nitrogen and oxygen atoms in total. The number of nitrogen functional groups attached to an aromatic ring is 1. The smallest absolute Gasteiger partial charge is 0.150 e. The molecule has 78 valence electrons. The van der Waals surface area contributed by atoms with Crippen molar-refractivity contribution in [3.8, 4) is 0 Å². The van der Waals surface area contributed by atoms with Crippen molar-refractivity contribution >= 4 is 27.3 Å². The Morgan fingerprint density at radius 3 is 2.93 bits per heavy atom. The molecule has 0 aliphatic heterocycles. The summed E-state index contributed by atoms with van der Waals surface area (Å²) in [5.74, 6) is 2.23. The highest BCUT2D eigenvalue weighted by atomic mass is 79.9. The number of aromatic nitrogens is 3. The van der Waals surface area contributed by atoms with E-state index in [-0.39, 0.29) is 0 Å². The molecule has 0 spiro atoms. The minimum atomic E-state index is 0.530. The molecular formula is C10H11BrN4. The summed E-state index contributed by atoms with van der Waals surface area (Å²) in [5, 5.41) is 0. The van der Waals surface area contributed by atoms with E-state index in [2.05, 4.69) is 30.3 Å². The van der Waals surface area contributed by atoms with Crippen LogP contribution < -0.4 is 5.73 Å². The van der Waals surface area contributed by atoms with E-state index in [9.17, 15) is 0 Å². The number of hydrogen-bond acceptors (Lipinski definition) is 3. The number of nitrogens with two attached hydrogens (primary N) is 1. The fourth-order valence-corrected chi connectivity index (χ4v) is 2.57. The van der Waals surface area contributed by atoms with E-state index in [1.807, 2.05) is 6.20 Å². The summed E-state index contributed by atoms with van der Waals surface area (Å²) in [5.41, 5.74) is 6.72. The van der Waals surface area contributed by atoms with Crippen LogP contribution in [0.3, 0.4) is 0 Å². The van der Waals surface area contributed by atoms with Crippen molar-refractivity contribution in [1.29, 1.82) is 0 Å². The Hall–Kier alpha value is -1.10. The van der Waals surface area contributed by atoms with Gasteiger partial charge in [-0.15, -0.1) is 0 Å². The first-order valence-electron chi connectivity index (χ1n) is 5.05. The molecule has 15 heavy (non-hydrogen) atoms. The van der Waals surface area contributed by atoms with Crippen LogP contribution in [0.1, 0.15) is 31.0 Å². The molecule has 0 aromatic carbocycles. The molecule has 1 aliphatic rings. The third-order valence-corrected chi connectivity index (χ3v) is 3.59. The second-order valence-corrected chi connectivity index (χ2v) is 4.67. The molecule has 0 amide bonds. The Kier molecular flexibility index (Phi) is 1.95. The Balaban J connectivity index is 2.27. The average Bonchev–Trinajstić information content (AvgIpc) is 2.43. The first-order valence-corrected chi connectivity index (χ1v) is 5.84. The number of imidazole rings is 1. The molecule has 2 aromatic rings. The number of hydrogen-bond donors (Lipinski definition) is 1. The molecule has 0 atom stereocenters. The minimum absolute atomic E-state index is 0.530. The van der Waals surface area contributed by atoms with Gasteiger partial charge in [-0.25, -0.2) is 9.97 Å². The van der Waals surface area contributed by atoms with Gasteiger partial charge in [0.15, 0.2) is 5.82 Å². The van der Waals surface area contributed by atoms with Crippen LogP contribution in [0.25, 0.3) is 5.52 Å². The summed E-state index contributed by atoms with van der Waals surface area (Å²) in [6.07, 6.45) is 7.41. The van der Waals surface area contributed by atoms with Crippen LogP contribution in [0.5, 0.6) is 0 Å². The van der Waals surface area contributed by atoms with Crippen LogP contribution in [-0.4, -0.2) is 14.4 Å². The lowest BCUT2D eigenvalue weighted by Gasteiger charge is -2.23. The second-order valence-electron chi connectivity index (χ2n) is 3.92. The van der Waals surface area contributed by atoms with E-state index < -0.39 is 0 Å². The van der Waals surface area contributed by atoms with Gasteiger partial charge in [-0.2, -0.15) is 0 Å². The summed E-state index contributed by atoms with van der Waals surface area (Å²) >= 11 is 3.44. The summed E-state index contributed by atoms with van der Waals surface area (Å²) in [6.45, 7) is 0. The summed E-state index contributed by atoms with van der Waals surface area (Å²) in [7, 11) is 0. The van der Waals surface area contributed by atoms with Gasteiger partial charge < -0.3 is 5.73 Å². The van der Waals surface area contributed by atoms with Gasteiger partial charge in [0.25, 0.3) is 0 Å². The van der Waals surface area contributed by atoms with Crippen molar-refractivity contribution < 1.29 is 0 Å². The van der Waals surface area contributed by atoms with E-state index in [0.29, 0.717) is 11.7 Å². The Morgan fingerprint density at radius 1 is 1.47 bits per heavy atom. The van der Waals surface area contributed by atoms with Gasteiger partial charge in [0.2, 0.25) is 0 Å². The van der Waals surface area contributed by atoms with Crippen LogP contribution in [-0.2, 0) is 0 Å². The van der Waals surface area contributed by atoms with E-state index in [0.717, 1.165) is 15.9 Å². The molecule has 1 fully saturated rings. The first-order chi connectivity index (χ1) is 7.27. The van der Waals surface area contributed by atoms with Crippen molar-refractivity contribution in [1.82, 2.24) is 14.4 Å². The van der Waals surface area contributed by atoms with Gasteiger partial charge >= 0.3 is 0 Å². The highest BCUT2D eigenvalue weighted by molar-refractivity contribution is 9.10. The summed E-state index contributed by atoms with van der Waals surface area (Å²) in [6, 6.07) is 0. The predicted octanol–water partition coefficient (Wildman–Crippen LogP) is 2.34. The van der Waals surface area contributed by atoms with Gasteiger partial charge in [0.05, 0.1) is 0 Å². The van der Waals surface area contributed by atoms with E-state index in [1.165, 1.54) is 19.3 Å². The van der Waals surface area contributed by atoms with E-state index in [4.69, 9.17) is 5.73 Å². The highest BCUT2D eigenvalue weighted by Crippen LogP contribution is 2.37. The zero-order chi connectivity index (χ0) is 10.4. The van der Waals surface area contributed by atoms with Gasteiger partial charge in [-0.1, -0.05) is 6.42 Å². The van der Waals surface area contributed by atoms with Crippen molar-refractivity contribution in [2.24, 2.45) is 0 Å². The summed E-state index contributed by atoms with van der Waals surface area (Å²) in [4.78, 5) is 8.60.